The Hall–Kier alpha value is -1.99. The van der Waals surface area contributed by atoms with E-state index in [1.165, 1.54) is 0 Å². The van der Waals surface area contributed by atoms with Gasteiger partial charge in [0.05, 0.1) is 0 Å². The smallest absolute Gasteiger partial charge is 0.196 e. The second-order valence-electron chi connectivity index (χ2n) is 6.62. The van der Waals surface area contributed by atoms with Gasteiger partial charge in [0.2, 0.25) is 0 Å². The number of nitrogens with zero attached hydrogens (tertiary/aromatic N) is 1. The highest BCUT2D eigenvalue weighted by atomic mass is 32.1. The van der Waals surface area contributed by atoms with Gasteiger partial charge in [0, 0.05) is 46.4 Å². The van der Waals surface area contributed by atoms with E-state index in [1.54, 1.807) is 17.4 Å². The monoisotopic (exact) mass is 370 g/mol. The van der Waals surface area contributed by atoms with Crippen LogP contribution in [0.25, 0.3) is 20.2 Å². The quantitative estimate of drug-likeness (QED) is 0.690. The van der Waals surface area contributed by atoms with E-state index in [4.69, 9.17) is 4.74 Å². The van der Waals surface area contributed by atoms with Crippen molar-refractivity contribution in [2.45, 2.75) is 13.2 Å². The second kappa shape index (κ2) is 7.32. The van der Waals surface area contributed by atoms with Crippen LogP contribution in [-0.4, -0.2) is 49.0 Å². The number of ether oxygens (including phenoxy) is 1. The zero-order valence-electron chi connectivity index (χ0n) is 14.7. The predicted molar refractivity (Wildman–Crippen MR) is 106 cm³/mol. The maximum Gasteiger partial charge on any atom is 0.196 e. The van der Waals surface area contributed by atoms with Gasteiger partial charge in [-0.1, -0.05) is 12.1 Å². The largest absolute Gasteiger partial charge is 0.489 e. The van der Waals surface area contributed by atoms with E-state index in [9.17, 15) is 9.90 Å². The van der Waals surface area contributed by atoms with E-state index in [0.29, 0.717) is 11.1 Å². The summed E-state index contributed by atoms with van der Waals surface area (Å²) in [6, 6.07) is 11.4. The lowest BCUT2D eigenvalue weighted by Crippen LogP contribution is -2.50. The molecule has 3 aromatic rings. The number of fused-ring (bicyclic) bond motifs is 2. The molecule has 2 aromatic carbocycles. The van der Waals surface area contributed by atoms with Crippen LogP contribution in [0.2, 0.25) is 0 Å². The highest BCUT2D eigenvalue weighted by Gasteiger charge is 2.19. The Kier molecular flexibility index (Phi) is 4.91. The number of rotatable bonds is 4. The van der Waals surface area contributed by atoms with E-state index >= 15 is 0 Å². The number of piperazine rings is 1. The summed E-state index contributed by atoms with van der Waals surface area (Å²) in [4.78, 5) is 14.9. The molecule has 1 saturated heterocycles. The van der Waals surface area contributed by atoms with Crippen LogP contribution in [0.15, 0.2) is 41.2 Å². The van der Waals surface area contributed by atoms with Gasteiger partial charge in [0.1, 0.15) is 18.6 Å². The molecule has 2 heterocycles. The highest BCUT2D eigenvalue weighted by Crippen LogP contribution is 2.30. The summed E-state index contributed by atoms with van der Waals surface area (Å²) >= 11 is 1.63. The Morgan fingerprint density at radius 1 is 1.23 bits per heavy atom. The summed E-state index contributed by atoms with van der Waals surface area (Å²) in [7, 11) is 0. The molecule has 1 atom stereocenters. The molecule has 0 saturated carbocycles. The van der Waals surface area contributed by atoms with E-state index in [-0.39, 0.29) is 12.0 Å². The Balaban J connectivity index is 1.63. The van der Waals surface area contributed by atoms with Crippen LogP contribution in [0.5, 0.6) is 5.75 Å². The lowest BCUT2D eigenvalue weighted by Gasteiger charge is -2.31. The third-order valence-corrected chi connectivity index (χ3v) is 6.13. The van der Waals surface area contributed by atoms with Crippen LogP contribution in [0.1, 0.15) is 5.56 Å². The Morgan fingerprint density at radius 2 is 2.00 bits per heavy atom. The minimum Gasteiger partial charge on any atom is -0.489 e. The maximum absolute atomic E-state index is 12.9. The van der Waals surface area contributed by atoms with Gasteiger partial charge in [-0.05, 0) is 36.8 Å². The molecule has 0 radical (unpaired) electrons. The van der Waals surface area contributed by atoms with Crippen molar-refractivity contribution in [3.8, 4) is 5.75 Å². The summed E-state index contributed by atoms with van der Waals surface area (Å²) in [5.41, 5.74) is 1.05. The van der Waals surface area contributed by atoms with Crippen molar-refractivity contribution in [1.29, 1.82) is 0 Å². The van der Waals surface area contributed by atoms with E-state index in [0.717, 1.165) is 46.5 Å². The van der Waals surface area contributed by atoms with Gasteiger partial charge < -0.3 is 15.2 Å². The molecule has 6 heteroatoms. The molecule has 5 nitrogen and oxygen atoms in total. The van der Waals surface area contributed by atoms with Gasteiger partial charge in [-0.2, -0.15) is 0 Å². The normalized spacial score (nSPS) is 16.8. The van der Waals surface area contributed by atoms with Crippen LogP contribution in [0.3, 0.4) is 0 Å². The molecule has 0 spiro atoms. The molecule has 2 N–H and O–H groups in total. The molecular weight excluding hydrogens is 348 g/mol. The number of aliphatic hydroxyl groups is 1. The van der Waals surface area contributed by atoms with Crippen molar-refractivity contribution in [1.82, 2.24) is 10.2 Å². The van der Waals surface area contributed by atoms with Gasteiger partial charge in [0.15, 0.2) is 5.43 Å². The van der Waals surface area contributed by atoms with Crippen LogP contribution in [0, 0.1) is 6.92 Å². The van der Waals surface area contributed by atoms with Crippen LogP contribution < -0.4 is 15.5 Å². The second-order valence-corrected chi connectivity index (χ2v) is 7.67. The average Bonchev–Trinajstić information content (AvgIpc) is 2.68. The summed E-state index contributed by atoms with van der Waals surface area (Å²) < 4.78 is 7.82. The first-order valence-electron chi connectivity index (χ1n) is 8.85. The summed E-state index contributed by atoms with van der Waals surface area (Å²) in [5.74, 6) is 0.628. The number of hydrogen-bond donors (Lipinski definition) is 2. The van der Waals surface area contributed by atoms with E-state index < -0.39 is 6.23 Å². The van der Waals surface area contributed by atoms with Crippen molar-refractivity contribution < 1.29 is 9.84 Å². The summed E-state index contributed by atoms with van der Waals surface area (Å²) in [5, 5.41) is 15.0. The Bertz CT molecular complexity index is 995. The van der Waals surface area contributed by atoms with Crippen molar-refractivity contribution in [2.24, 2.45) is 0 Å². The molecular formula is C20H22N2O3S. The van der Waals surface area contributed by atoms with Gasteiger partial charge in [0.25, 0.3) is 0 Å². The Morgan fingerprint density at radius 3 is 2.81 bits per heavy atom. The predicted octanol–water partition coefficient (Wildman–Crippen LogP) is 2.33. The SMILES string of the molecule is Cc1cc(OCC(O)N2CCNCC2)cc2c(=O)c3ccccc3sc12. The molecule has 26 heavy (non-hydrogen) atoms. The molecule has 136 valence electrons. The first-order valence-corrected chi connectivity index (χ1v) is 9.67. The number of aryl methyl sites for hydroxylation is 1. The van der Waals surface area contributed by atoms with Crippen LogP contribution in [0.4, 0.5) is 0 Å². The number of benzene rings is 2. The standard InChI is InChI=1S/C20H22N2O3S/c1-13-10-14(25-12-18(23)22-8-6-21-7-9-22)11-16-19(24)15-4-2-3-5-17(15)26-20(13)16/h2-5,10-11,18,21,23H,6-9,12H2,1H3. The number of aliphatic hydroxyl groups excluding tert-OH is 1. The molecule has 1 aromatic heterocycles. The summed E-state index contributed by atoms with van der Waals surface area (Å²) in [6.07, 6.45) is -0.640. The van der Waals surface area contributed by atoms with Gasteiger partial charge in [-0.15, -0.1) is 11.3 Å². The first kappa shape index (κ1) is 17.4. The molecule has 1 aliphatic heterocycles. The molecule has 1 aliphatic rings. The van der Waals surface area contributed by atoms with Crippen LogP contribution in [-0.2, 0) is 0 Å². The van der Waals surface area contributed by atoms with E-state index in [2.05, 4.69) is 5.32 Å². The van der Waals surface area contributed by atoms with E-state index in [1.807, 2.05) is 42.2 Å². The van der Waals surface area contributed by atoms with Gasteiger partial charge in [-0.3, -0.25) is 9.69 Å². The van der Waals surface area contributed by atoms with Gasteiger partial charge in [-0.25, -0.2) is 0 Å². The molecule has 0 bridgehead atoms. The molecule has 1 unspecified atom stereocenters. The van der Waals surface area contributed by atoms with Crippen molar-refractivity contribution in [3.63, 3.8) is 0 Å². The lowest BCUT2D eigenvalue weighted by atomic mass is 10.1. The maximum atomic E-state index is 12.9. The molecule has 4 rings (SSSR count). The fraction of sp³-hybridized carbons (Fsp3) is 0.350. The summed E-state index contributed by atoms with van der Waals surface area (Å²) in [6.45, 7) is 5.54. The first-order chi connectivity index (χ1) is 12.6. The van der Waals surface area contributed by atoms with Crippen molar-refractivity contribution in [2.75, 3.05) is 32.8 Å². The number of hydrogen-bond acceptors (Lipinski definition) is 6. The zero-order valence-corrected chi connectivity index (χ0v) is 15.5. The topological polar surface area (TPSA) is 61.8 Å². The molecule has 0 amide bonds. The minimum atomic E-state index is -0.640. The molecule has 1 fully saturated rings. The highest BCUT2D eigenvalue weighted by molar-refractivity contribution is 7.24. The van der Waals surface area contributed by atoms with Crippen LogP contribution >= 0.6 is 11.3 Å². The fourth-order valence-electron chi connectivity index (χ4n) is 3.38. The lowest BCUT2D eigenvalue weighted by molar-refractivity contribution is -0.0330. The molecule has 0 aliphatic carbocycles. The third kappa shape index (κ3) is 3.33. The van der Waals surface area contributed by atoms with Crippen molar-refractivity contribution >= 4 is 31.5 Å². The third-order valence-electron chi connectivity index (χ3n) is 4.81. The zero-order chi connectivity index (χ0) is 18.1. The van der Waals surface area contributed by atoms with Gasteiger partial charge >= 0.3 is 0 Å². The van der Waals surface area contributed by atoms with Crippen molar-refractivity contribution in [3.05, 3.63) is 52.2 Å². The fourth-order valence-corrected chi connectivity index (χ4v) is 4.50. The number of nitrogens with one attached hydrogen (secondary N) is 1. The Labute approximate surface area is 155 Å². The minimum absolute atomic E-state index is 0.0329. The average molecular weight is 370 g/mol.